The lowest BCUT2D eigenvalue weighted by atomic mass is 9.97. The van der Waals surface area contributed by atoms with E-state index in [-0.39, 0.29) is 64.5 Å². The van der Waals surface area contributed by atoms with Crippen LogP contribution in [0.25, 0.3) is 78.5 Å². The Kier molecular flexibility index (Phi) is 13.1. The molecule has 10 heterocycles. The largest absolute Gasteiger partial charge is 0.380 e. The van der Waals surface area contributed by atoms with E-state index in [4.69, 9.17) is 19.4 Å². The highest BCUT2D eigenvalue weighted by Crippen LogP contribution is 2.65. The maximum Gasteiger partial charge on any atom is 0.280 e. The van der Waals surface area contributed by atoms with Crippen molar-refractivity contribution in [3.05, 3.63) is 176 Å². The number of piperidine rings is 1. The van der Waals surface area contributed by atoms with Crippen molar-refractivity contribution in [3.63, 3.8) is 0 Å². The second-order valence-corrected chi connectivity index (χ2v) is 25.3. The molecular weight excluding hydrogens is 1090 g/mol. The fourth-order valence-corrected chi connectivity index (χ4v) is 14.3. The Morgan fingerprint density at radius 2 is 1.26 bits per heavy atom. The number of fused-ring (bicyclic) bond motifs is 2. The van der Waals surface area contributed by atoms with Gasteiger partial charge in [0.15, 0.2) is 0 Å². The van der Waals surface area contributed by atoms with E-state index in [9.17, 15) is 0 Å². The topological polar surface area (TPSA) is 171 Å². The summed E-state index contributed by atoms with van der Waals surface area (Å²) in [6.07, 6.45) is 20.4. The molecule has 6 atom stereocenters. The normalized spacial score (nSPS) is 22.2. The first kappa shape index (κ1) is 53.3. The molecule has 2 aromatic carbocycles. The summed E-state index contributed by atoms with van der Waals surface area (Å²) in [6.45, 7) is 4.44. The summed E-state index contributed by atoms with van der Waals surface area (Å²) in [4.78, 5) is 59.9. The van der Waals surface area contributed by atoms with Crippen LogP contribution in [0.2, 0.25) is 0 Å². The number of imidazole rings is 2. The van der Waals surface area contributed by atoms with E-state index >= 15 is 18.4 Å². The zero-order chi connectivity index (χ0) is 58.1. The fraction of sp³-hybridized carbons (Fsp3) is 0.382. The molecule has 4 saturated carbocycles. The van der Waals surface area contributed by atoms with Crippen LogP contribution in [0, 0.1) is 23.5 Å². The van der Waals surface area contributed by atoms with Crippen LogP contribution in [-0.4, -0.2) is 98.6 Å². The molecule has 2 aliphatic heterocycles. The molecule has 438 valence electrons. The van der Waals surface area contributed by atoms with Crippen LogP contribution in [-0.2, 0) is 36.7 Å². The van der Waals surface area contributed by atoms with Gasteiger partial charge in [0.05, 0.1) is 12.7 Å². The number of nitrogens with zero attached hydrogens (tertiary/aromatic N) is 9. The molecule has 16 rings (SSSR count). The number of aromatic amines is 2. The van der Waals surface area contributed by atoms with Crippen LogP contribution in [0.5, 0.6) is 0 Å². The molecule has 4 unspecified atom stereocenters. The SMILES string of the molecule is CO[C@H]1CCCN(Cc2cc3c(C4CC4)cn(-c4cc(-c5ccc(F)cc5-c5nccn5C)cc(C5CC5C5CC5c5cn(-c6cc(-c7ccc(F)cc7-c7nccn7C)cc(C7CC7)n6)c(=O)c6[nH]c(CN[C@H]7CCOC7)cc56)n4)c(=O)c3[nH]2)C1. The first-order valence-corrected chi connectivity index (χ1v) is 30.7. The number of halogens is 2. The molecule has 16 nitrogen and oxygen atoms in total. The number of methoxy groups -OCH3 is 1. The molecule has 4 aliphatic carbocycles. The molecule has 10 aromatic rings. The van der Waals surface area contributed by atoms with Gasteiger partial charge in [0.25, 0.3) is 11.1 Å². The van der Waals surface area contributed by atoms with Crippen LogP contribution in [0.1, 0.15) is 115 Å². The lowest BCUT2D eigenvalue weighted by Gasteiger charge is -2.31. The van der Waals surface area contributed by atoms with Gasteiger partial charge in [-0.15, -0.1) is 0 Å². The highest BCUT2D eigenvalue weighted by Gasteiger charge is 2.55. The monoisotopic (exact) mass is 1150 g/mol. The second kappa shape index (κ2) is 21.1. The summed E-state index contributed by atoms with van der Waals surface area (Å²) in [6, 6.07) is 22.4. The van der Waals surface area contributed by atoms with Gasteiger partial charge >= 0.3 is 0 Å². The first-order chi connectivity index (χ1) is 42.0. The maximum atomic E-state index is 15.4. The molecule has 3 N–H and O–H groups in total. The summed E-state index contributed by atoms with van der Waals surface area (Å²) < 4.78 is 49.2. The number of pyridine rings is 4. The zero-order valence-electron chi connectivity index (χ0n) is 48.5. The molecule has 6 fully saturated rings. The average molecular weight is 1160 g/mol. The molecule has 86 heavy (non-hydrogen) atoms. The third kappa shape index (κ3) is 9.83. The first-order valence-electron chi connectivity index (χ1n) is 30.7. The molecule has 0 radical (unpaired) electrons. The van der Waals surface area contributed by atoms with Gasteiger partial charge in [-0.2, -0.15) is 0 Å². The number of H-pyrrole nitrogens is 2. The van der Waals surface area contributed by atoms with E-state index in [0.29, 0.717) is 71.1 Å². The second-order valence-electron chi connectivity index (χ2n) is 25.3. The molecular formula is C68H68F2N12O4. The van der Waals surface area contributed by atoms with Crippen LogP contribution in [0.4, 0.5) is 8.78 Å². The van der Waals surface area contributed by atoms with Crippen molar-refractivity contribution in [2.45, 2.75) is 107 Å². The van der Waals surface area contributed by atoms with E-state index in [0.717, 1.165) is 144 Å². The van der Waals surface area contributed by atoms with Crippen molar-refractivity contribution >= 4 is 21.8 Å². The number of benzene rings is 2. The van der Waals surface area contributed by atoms with Crippen molar-refractivity contribution in [2.75, 3.05) is 33.4 Å². The van der Waals surface area contributed by atoms with Gasteiger partial charge < -0.3 is 33.9 Å². The predicted octanol–water partition coefficient (Wildman–Crippen LogP) is 11.3. The van der Waals surface area contributed by atoms with Gasteiger partial charge in [-0.3, -0.25) is 23.6 Å². The Morgan fingerprint density at radius 3 is 1.87 bits per heavy atom. The molecule has 2 saturated heterocycles. The number of aromatic nitrogens is 10. The molecule has 0 amide bonds. The Morgan fingerprint density at radius 1 is 0.663 bits per heavy atom. The van der Waals surface area contributed by atoms with Crippen LogP contribution >= 0.6 is 0 Å². The van der Waals surface area contributed by atoms with E-state index < -0.39 is 0 Å². The van der Waals surface area contributed by atoms with Crippen LogP contribution in [0.3, 0.4) is 0 Å². The summed E-state index contributed by atoms with van der Waals surface area (Å²) in [5.74, 6) is 2.92. The number of hydrogen-bond donors (Lipinski definition) is 3. The zero-order valence-corrected chi connectivity index (χ0v) is 48.5. The fourth-order valence-electron chi connectivity index (χ4n) is 14.3. The van der Waals surface area contributed by atoms with E-state index in [1.54, 1.807) is 40.8 Å². The predicted molar refractivity (Wildman–Crippen MR) is 326 cm³/mol. The Hall–Kier alpha value is -8.16. The van der Waals surface area contributed by atoms with E-state index in [2.05, 4.69) is 54.4 Å². The van der Waals surface area contributed by atoms with Gasteiger partial charge in [-0.05, 0) is 182 Å². The lowest BCUT2D eigenvalue weighted by Crippen LogP contribution is -2.38. The molecule has 18 heteroatoms. The average Bonchev–Trinajstić information content (AvgIpc) is 1.59. The minimum Gasteiger partial charge on any atom is -0.380 e. The summed E-state index contributed by atoms with van der Waals surface area (Å²) in [5, 5.41) is 5.53. The molecule has 0 bridgehead atoms. The maximum absolute atomic E-state index is 15.4. The number of aryl methyl sites for hydroxylation is 2. The van der Waals surface area contributed by atoms with Crippen molar-refractivity contribution in [1.82, 2.24) is 58.4 Å². The number of likely N-dealkylation sites (tertiary alicyclic amines) is 1. The van der Waals surface area contributed by atoms with Gasteiger partial charge in [-0.1, -0.05) is 12.1 Å². The minimum absolute atomic E-state index is 0.0738. The number of rotatable bonds is 17. The lowest BCUT2D eigenvalue weighted by molar-refractivity contribution is 0.0282. The Labute approximate surface area is 495 Å². The highest BCUT2D eigenvalue weighted by molar-refractivity contribution is 5.87. The number of nitrogens with one attached hydrogen (secondary N) is 3. The van der Waals surface area contributed by atoms with Crippen LogP contribution < -0.4 is 16.4 Å². The minimum atomic E-state index is -0.368. The number of ether oxygens (including phenoxy) is 2. The third-order valence-corrected chi connectivity index (χ3v) is 19.4. The van der Waals surface area contributed by atoms with Crippen molar-refractivity contribution in [1.29, 1.82) is 0 Å². The standard InChI is InChI=1S/C68H68F2N12O4/c1-78-18-15-71-65(78)55-25-41(69)10-12-47(55)39-21-59(38-8-9-38)76-61(23-39)82-35-58(54-27-44(74-64(54)68(82)84)31-73-43-14-20-86-36-43)51-29-49(51)50-30-52(50)60-22-40(48-13-11-42(70)26-56(48)66-72-16-19-79(66)2)24-62(77-60)81-34-57(37-6-7-37)53-28-45(75-63(53)67(81)83)32-80-17-4-5-46(33-80)85-3/h10-13,15-16,18-19,21-28,34-35,37-38,43,46,49-52,73-75H,4-9,14,17,20,29-33,36H2,1-3H3/t43-,46-,49?,50?,51?,52?/m0/s1. The van der Waals surface area contributed by atoms with Gasteiger partial charge in [0.1, 0.15) is 46.0 Å². The van der Waals surface area contributed by atoms with Crippen LogP contribution in [0.15, 0.2) is 120 Å². The molecule has 8 aromatic heterocycles. The van der Waals surface area contributed by atoms with Gasteiger partial charge in [0.2, 0.25) is 0 Å². The Balaban J connectivity index is 0.785. The third-order valence-electron chi connectivity index (χ3n) is 19.4. The molecule has 0 spiro atoms. The summed E-state index contributed by atoms with van der Waals surface area (Å²) >= 11 is 0. The quantitative estimate of drug-likeness (QED) is 0.0797. The summed E-state index contributed by atoms with van der Waals surface area (Å²) in [5.41, 5.74) is 11.3. The van der Waals surface area contributed by atoms with E-state index in [1.807, 2.05) is 66.2 Å². The van der Waals surface area contributed by atoms with E-state index in [1.165, 1.54) is 18.2 Å². The number of hydrogen-bond acceptors (Lipinski definition) is 10. The van der Waals surface area contributed by atoms with Gasteiger partial charge in [-0.25, -0.2) is 28.7 Å². The highest BCUT2D eigenvalue weighted by atomic mass is 19.1. The summed E-state index contributed by atoms with van der Waals surface area (Å²) in [7, 11) is 5.59. The smallest absolute Gasteiger partial charge is 0.280 e. The Bertz CT molecular complexity index is 4440. The van der Waals surface area contributed by atoms with Crippen molar-refractivity contribution in [3.8, 4) is 56.7 Å². The van der Waals surface area contributed by atoms with Crippen molar-refractivity contribution < 1.29 is 18.3 Å². The van der Waals surface area contributed by atoms with Crippen molar-refractivity contribution in [2.24, 2.45) is 25.9 Å². The molecule has 6 aliphatic rings. The van der Waals surface area contributed by atoms with Gasteiger partial charge in [0, 0.05) is 147 Å².